The molecule has 0 N–H and O–H groups in total. The minimum absolute atomic E-state index is 0.897. The summed E-state index contributed by atoms with van der Waals surface area (Å²) in [5, 5.41) is 4.98. The van der Waals surface area contributed by atoms with Crippen molar-refractivity contribution < 1.29 is 4.74 Å². The van der Waals surface area contributed by atoms with Gasteiger partial charge in [0.2, 0.25) is 0 Å². The van der Waals surface area contributed by atoms with Crippen LogP contribution in [0.1, 0.15) is 0 Å². The molecule has 1 aromatic heterocycles. The molecule has 0 saturated heterocycles. The van der Waals surface area contributed by atoms with E-state index in [-0.39, 0.29) is 0 Å². The van der Waals surface area contributed by atoms with Crippen LogP contribution < -0.4 is 9.64 Å². The lowest BCUT2D eigenvalue weighted by Crippen LogP contribution is -2.09. The van der Waals surface area contributed by atoms with Crippen LogP contribution in [0.5, 0.6) is 11.5 Å². The van der Waals surface area contributed by atoms with Crippen molar-refractivity contribution in [3.05, 3.63) is 176 Å². The third-order valence-corrected chi connectivity index (χ3v) is 10.8. The summed E-state index contributed by atoms with van der Waals surface area (Å²) >= 11 is 1.85. The van der Waals surface area contributed by atoms with E-state index < -0.39 is 0 Å². The molecule has 0 unspecified atom stereocenters. The Labute approximate surface area is 288 Å². The lowest BCUT2D eigenvalue weighted by atomic mass is 9.92. The summed E-state index contributed by atoms with van der Waals surface area (Å²) in [4.78, 5) is 2.36. The zero-order valence-corrected chi connectivity index (χ0v) is 27.3. The molecule has 0 radical (unpaired) electrons. The Morgan fingerprint density at radius 3 is 1.82 bits per heavy atom. The quantitative estimate of drug-likeness (QED) is 0.185. The monoisotopic (exact) mass is 643 g/mol. The van der Waals surface area contributed by atoms with E-state index in [0.29, 0.717) is 0 Å². The Bertz CT molecular complexity index is 2670. The largest absolute Gasteiger partial charge is 0.456 e. The maximum absolute atomic E-state index is 6.37. The third kappa shape index (κ3) is 4.70. The van der Waals surface area contributed by atoms with E-state index in [2.05, 4.69) is 181 Å². The van der Waals surface area contributed by atoms with Crippen LogP contribution >= 0.6 is 11.3 Å². The average molecular weight is 644 g/mol. The number of hydrogen-bond acceptors (Lipinski definition) is 3. The van der Waals surface area contributed by atoms with Gasteiger partial charge in [-0.15, -0.1) is 11.3 Å². The fourth-order valence-corrected chi connectivity index (χ4v) is 8.42. The SMILES string of the molecule is c1ccc(-c2ccc(N(c3ccc(-c4ccc5c(c4)-c4cccc6cccc(c46)O5)cc3)c3ccc4c(c3)sc3ccccc34)cc2)cc1. The molecule has 0 saturated carbocycles. The highest BCUT2D eigenvalue weighted by atomic mass is 32.1. The van der Waals surface area contributed by atoms with Gasteiger partial charge in [0.1, 0.15) is 11.5 Å². The predicted molar refractivity (Wildman–Crippen MR) is 208 cm³/mol. The molecule has 9 aromatic rings. The van der Waals surface area contributed by atoms with Crippen LogP contribution in [0.25, 0.3) is 64.3 Å². The molecule has 0 aliphatic carbocycles. The fourth-order valence-electron chi connectivity index (χ4n) is 7.28. The van der Waals surface area contributed by atoms with Gasteiger partial charge < -0.3 is 9.64 Å². The predicted octanol–water partition coefficient (Wildman–Crippen LogP) is 13.8. The Morgan fingerprint density at radius 1 is 0.388 bits per heavy atom. The van der Waals surface area contributed by atoms with E-state index in [1.54, 1.807) is 0 Å². The lowest BCUT2D eigenvalue weighted by Gasteiger charge is -2.26. The summed E-state index contributed by atoms with van der Waals surface area (Å²) in [5.41, 5.74) is 10.4. The van der Waals surface area contributed by atoms with Gasteiger partial charge in [-0.2, -0.15) is 0 Å². The zero-order chi connectivity index (χ0) is 32.3. The number of hydrogen-bond donors (Lipinski definition) is 0. The summed E-state index contributed by atoms with van der Waals surface area (Å²) in [5.74, 6) is 1.82. The molecule has 0 bridgehead atoms. The Morgan fingerprint density at radius 2 is 1.02 bits per heavy atom. The normalized spacial score (nSPS) is 11.8. The molecule has 0 spiro atoms. The van der Waals surface area contributed by atoms with E-state index in [4.69, 9.17) is 4.74 Å². The van der Waals surface area contributed by atoms with Crippen LogP contribution in [0.2, 0.25) is 0 Å². The van der Waals surface area contributed by atoms with Crippen molar-refractivity contribution in [2.24, 2.45) is 0 Å². The van der Waals surface area contributed by atoms with Crippen molar-refractivity contribution in [1.29, 1.82) is 0 Å². The molecule has 3 heteroatoms. The zero-order valence-electron chi connectivity index (χ0n) is 26.5. The van der Waals surface area contributed by atoms with Crippen LogP contribution in [0, 0.1) is 0 Å². The highest BCUT2D eigenvalue weighted by Crippen LogP contribution is 2.48. The highest BCUT2D eigenvalue weighted by Gasteiger charge is 2.21. The van der Waals surface area contributed by atoms with Gasteiger partial charge in [0.15, 0.2) is 0 Å². The van der Waals surface area contributed by atoms with Crippen LogP contribution in [0.3, 0.4) is 0 Å². The first-order valence-electron chi connectivity index (χ1n) is 16.6. The number of rotatable bonds is 5. The summed E-state index contributed by atoms with van der Waals surface area (Å²) in [6.45, 7) is 0. The van der Waals surface area contributed by atoms with Gasteiger partial charge in [-0.3, -0.25) is 0 Å². The summed E-state index contributed by atoms with van der Waals surface area (Å²) in [7, 11) is 0. The Hall–Kier alpha value is -6.16. The molecule has 0 atom stereocenters. The standard InChI is InChI=1S/C46H29NOS/c1-2-8-30(9-3-1)31-16-21-35(22-17-31)47(37-25-26-39-38-12-4-5-15-44(38)49-45(39)29-37)36-23-18-32(19-24-36)34-20-27-42-41(28-34)40-13-6-10-33-11-7-14-43(48-42)46(33)40/h1-29H. The van der Waals surface area contributed by atoms with Gasteiger partial charge in [0.05, 0.1) is 0 Å². The molecule has 10 rings (SSSR count). The molecule has 1 aliphatic rings. The van der Waals surface area contributed by atoms with E-state index in [1.807, 2.05) is 11.3 Å². The smallest absolute Gasteiger partial charge is 0.135 e. The number of anilines is 3. The van der Waals surface area contributed by atoms with E-state index in [0.717, 1.165) is 45.3 Å². The van der Waals surface area contributed by atoms with Crippen LogP contribution in [-0.4, -0.2) is 0 Å². The topological polar surface area (TPSA) is 12.5 Å². The van der Waals surface area contributed by atoms with Crippen LogP contribution in [-0.2, 0) is 0 Å². The summed E-state index contributed by atoms with van der Waals surface area (Å²) in [6, 6.07) is 63.2. The first-order valence-corrected chi connectivity index (χ1v) is 17.4. The minimum Gasteiger partial charge on any atom is -0.456 e. The molecule has 49 heavy (non-hydrogen) atoms. The van der Waals surface area contributed by atoms with Crippen molar-refractivity contribution in [3.8, 4) is 44.9 Å². The van der Waals surface area contributed by atoms with Crippen molar-refractivity contribution >= 4 is 59.3 Å². The molecule has 8 aromatic carbocycles. The molecule has 0 fully saturated rings. The maximum atomic E-state index is 6.37. The second-order valence-corrected chi connectivity index (χ2v) is 13.6. The number of ether oxygens (including phenoxy) is 1. The lowest BCUT2D eigenvalue weighted by molar-refractivity contribution is 0.487. The number of benzene rings is 8. The molecule has 0 amide bonds. The second kappa shape index (κ2) is 11.2. The van der Waals surface area contributed by atoms with E-state index in [9.17, 15) is 0 Å². The van der Waals surface area contributed by atoms with Gasteiger partial charge in [0.25, 0.3) is 0 Å². The van der Waals surface area contributed by atoms with Gasteiger partial charge >= 0.3 is 0 Å². The third-order valence-electron chi connectivity index (χ3n) is 9.67. The first kappa shape index (κ1) is 27.9. The molecular weight excluding hydrogens is 615 g/mol. The summed E-state index contributed by atoms with van der Waals surface area (Å²) in [6.07, 6.45) is 0. The molecular formula is C46H29NOS. The fraction of sp³-hybridized carbons (Fsp3) is 0. The van der Waals surface area contributed by atoms with Crippen molar-refractivity contribution in [2.75, 3.05) is 4.90 Å². The minimum atomic E-state index is 0.897. The average Bonchev–Trinajstić information content (AvgIpc) is 3.54. The van der Waals surface area contributed by atoms with Crippen LogP contribution in [0.15, 0.2) is 176 Å². The van der Waals surface area contributed by atoms with Gasteiger partial charge in [-0.05, 0) is 93.9 Å². The number of fused-ring (bicyclic) bond motifs is 5. The number of nitrogens with zero attached hydrogens (tertiary/aromatic N) is 1. The van der Waals surface area contributed by atoms with E-state index >= 15 is 0 Å². The van der Waals surface area contributed by atoms with Crippen molar-refractivity contribution in [2.45, 2.75) is 0 Å². The first-order chi connectivity index (χ1) is 24.3. The summed E-state index contributed by atoms with van der Waals surface area (Å²) < 4.78 is 8.97. The second-order valence-electron chi connectivity index (χ2n) is 12.5. The van der Waals surface area contributed by atoms with Crippen molar-refractivity contribution in [1.82, 2.24) is 0 Å². The molecule has 2 heterocycles. The Balaban J connectivity index is 1.06. The molecule has 2 nitrogen and oxygen atoms in total. The van der Waals surface area contributed by atoms with Crippen LogP contribution in [0.4, 0.5) is 17.1 Å². The van der Waals surface area contributed by atoms with Gasteiger partial charge in [-0.1, -0.05) is 115 Å². The van der Waals surface area contributed by atoms with E-state index in [1.165, 1.54) is 47.6 Å². The molecule has 230 valence electrons. The Kier molecular flexibility index (Phi) is 6.39. The number of thiophene rings is 1. The maximum Gasteiger partial charge on any atom is 0.135 e. The highest BCUT2D eigenvalue weighted by molar-refractivity contribution is 7.25. The van der Waals surface area contributed by atoms with Gasteiger partial charge in [-0.25, -0.2) is 0 Å². The van der Waals surface area contributed by atoms with Crippen molar-refractivity contribution in [3.63, 3.8) is 0 Å². The van der Waals surface area contributed by atoms with Gasteiger partial charge in [0, 0.05) is 48.2 Å². The molecule has 1 aliphatic heterocycles.